The van der Waals surface area contributed by atoms with Crippen molar-refractivity contribution in [2.75, 3.05) is 0 Å². The molecule has 176 valence electrons. The second kappa shape index (κ2) is 10.6. The fourth-order valence-electron chi connectivity index (χ4n) is 3.60. The molecule has 5 heteroatoms. The minimum atomic E-state index is -0.929. The van der Waals surface area contributed by atoms with Crippen molar-refractivity contribution in [2.24, 2.45) is 0 Å². The third-order valence-electron chi connectivity index (χ3n) is 5.56. The molecule has 0 heterocycles. The molecule has 0 aromatic heterocycles. The molecule has 4 aromatic rings. The van der Waals surface area contributed by atoms with E-state index in [-0.39, 0.29) is 17.2 Å². The van der Waals surface area contributed by atoms with Crippen LogP contribution in [0, 0.1) is 0 Å². The first-order valence-corrected chi connectivity index (χ1v) is 11.1. The number of phenols is 3. The van der Waals surface area contributed by atoms with Crippen LogP contribution in [-0.4, -0.2) is 20.4 Å². The molecule has 0 aliphatic heterocycles. The molecule has 35 heavy (non-hydrogen) atoms. The molecule has 1 atom stereocenters. The van der Waals surface area contributed by atoms with Gasteiger partial charge < -0.3 is 25.2 Å². The molecular weight excluding hydrogens is 440 g/mol. The van der Waals surface area contributed by atoms with Gasteiger partial charge in [0, 0.05) is 6.42 Å². The van der Waals surface area contributed by atoms with E-state index in [1.54, 1.807) is 60.7 Å². The van der Waals surface area contributed by atoms with Gasteiger partial charge in [0.25, 0.3) is 0 Å². The van der Waals surface area contributed by atoms with Crippen molar-refractivity contribution in [3.63, 3.8) is 0 Å². The van der Waals surface area contributed by atoms with Gasteiger partial charge >= 0.3 is 0 Å². The Morgan fingerprint density at radius 2 is 1.09 bits per heavy atom. The Bertz CT molecular complexity index is 1250. The number of rotatable bonds is 4. The van der Waals surface area contributed by atoms with Crippen molar-refractivity contribution in [1.29, 1.82) is 0 Å². The lowest BCUT2D eigenvalue weighted by Crippen LogP contribution is -2.23. The van der Waals surface area contributed by atoms with Crippen LogP contribution in [0.15, 0.2) is 121 Å². The number of ether oxygens (including phenoxy) is 1. The zero-order valence-electron chi connectivity index (χ0n) is 19.0. The number of phenolic OH excluding ortho intramolecular Hbond substituents is 3. The molecule has 1 aliphatic carbocycles. The van der Waals surface area contributed by atoms with Crippen molar-refractivity contribution >= 4 is 5.57 Å². The summed E-state index contributed by atoms with van der Waals surface area (Å²) in [5.41, 5.74) is 2.07. The monoisotopic (exact) mass is 466 g/mol. The Hall–Kier alpha value is -4.48. The molecular formula is C30H26O5. The second-order valence-corrected chi connectivity index (χ2v) is 8.12. The van der Waals surface area contributed by atoms with E-state index < -0.39 is 5.60 Å². The Labute approximate surface area is 204 Å². The van der Waals surface area contributed by atoms with Crippen LogP contribution >= 0.6 is 0 Å². The molecule has 5 rings (SSSR count). The summed E-state index contributed by atoms with van der Waals surface area (Å²) in [5, 5.41) is 38.1. The number of hydrogen-bond donors (Lipinski definition) is 4. The predicted molar refractivity (Wildman–Crippen MR) is 136 cm³/mol. The summed E-state index contributed by atoms with van der Waals surface area (Å²) >= 11 is 0. The fourth-order valence-corrected chi connectivity index (χ4v) is 3.60. The van der Waals surface area contributed by atoms with E-state index in [1.807, 2.05) is 60.7 Å². The molecule has 4 N–H and O–H groups in total. The van der Waals surface area contributed by atoms with Crippen molar-refractivity contribution in [3.05, 3.63) is 132 Å². The number of aromatic hydroxyl groups is 3. The number of benzene rings is 4. The van der Waals surface area contributed by atoms with E-state index in [9.17, 15) is 10.2 Å². The van der Waals surface area contributed by atoms with Crippen LogP contribution in [0.3, 0.4) is 0 Å². The van der Waals surface area contributed by atoms with Gasteiger partial charge in [0.15, 0.2) is 0 Å². The average Bonchev–Trinajstić information content (AvgIpc) is 2.89. The third kappa shape index (κ3) is 6.31. The third-order valence-corrected chi connectivity index (χ3v) is 5.56. The first-order valence-electron chi connectivity index (χ1n) is 11.1. The van der Waals surface area contributed by atoms with Crippen molar-refractivity contribution < 1.29 is 25.2 Å². The van der Waals surface area contributed by atoms with Crippen molar-refractivity contribution in [3.8, 4) is 28.7 Å². The molecule has 0 fully saturated rings. The van der Waals surface area contributed by atoms with Gasteiger partial charge in [-0.15, -0.1) is 0 Å². The fraction of sp³-hybridized carbons (Fsp3) is 0.0667. The lowest BCUT2D eigenvalue weighted by atomic mass is 9.84. The smallest absolute Gasteiger partial charge is 0.127 e. The minimum absolute atomic E-state index is 0.202. The van der Waals surface area contributed by atoms with E-state index >= 15 is 0 Å². The summed E-state index contributed by atoms with van der Waals surface area (Å²) in [7, 11) is 0. The number of hydrogen-bond acceptors (Lipinski definition) is 5. The van der Waals surface area contributed by atoms with E-state index in [2.05, 4.69) is 0 Å². The highest BCUT2D eigenvalue weighted by atomic mass is 16.5. The topological polar surface area (TPSA) is 90.2 Å². The standard InChI is InChI=1S/C18H16O2.C12H10O3/c19-17-8-6-14(7-9-17)15-10-12-18(20,13-11-15)16-4-2-1-3-5-16;13-9-1-5-11(6-2-9)15-12-7-3-10(14)4-8-12/h1-12,19-20H,13H2;1-8,13-14H. The first kappa shape index (κ1) is 23.7. The molecule has 1 unspecified atom stereocenters. The zero-order chi connectivity index (χ0) is 24.7. The maximum absolute atomic E-state index is 10.7. The second-order valence-electron chi connectivity index (χ2n) is 8.12. The highest BCUT2D eigenvalue weighted by Gasteiger charge is 2.27. The normalized spacial score (nSPS) is 16.5. The SMILES string of the molecule is Oc1ccc(C2=CCC(O)(c3ccccc3)C=C2)cc1.Oc1ccc(Oc2ccc(O)cc2)cc1. The molecule has 1 aliphatic rings. The van der Waals surface area contributed by atoms with Gasteiger partial charge in [-0.3, -0.25) is 0 Å². The Kier molecular flexibility index (Phi) is 7.19. The molecule has 4 aromatic carbocycles. The average molecular weight is 467 g/mol. The molecule has 0 bridgehead atoms. The van der Waals surface area contributed by atoms with Gasteiger partial charge in [0.1, 0.15) is 34.3 Å². The quantitative estimate of drug-likeness (QED) is 0.275. The lowest BCUT2D eigenvalue weighted by Gasteiger charge is -2.27. The van der Waals surface area contributed by atoms with Crippen LogP contribution in [0.2, 0.25) is 0 Å². The Morgan fingerprint density at radius 3 is 1.54 bits per heavy atom. The van der Waals surface area contributed by atoms with Crippen LogP contribution in [0.5, 0.6) is 28.7 Å². The summed E-state index contributed by atoms with van der Waals surface area (Å²) in [6.45, 7) is 0. The molecule has 0 saturated carbocycles. The van der Waals surface area contributed by atoms with Gasteiger partial charge in [0.05, 0.1) is 0 Å². The molecule has 0 radical (unpaired) electrons. The zero-order valence-corrected chi connectivity index (χ0v) is 19.0. The summed E-state index contributed by atoms with van der Waals surface area (Å²) in [5.74, 6) is 1.94. The van der Waals surface area contributed by atoms with E-state index in [0.717, 1.165) is 16.7 Å². The Morgan fingerprint density at radius 1 is 0.600 bits per heavy atom. The van der Waals surface area contributed by atoms with Gasteiger partial charge in [-0.2, -0.15) is 0 Å². The van der Waals surface area contributed by atoms with Crippen LogP contribution in [0.1, 0.15) is 17.5 Å². The van der Waals surface area contributed by atoms with Crippen LogP contribution in [-0.2, 0) is 5.60 Å². The van der Waals surface area contributed by atoms with Gasteiger partial charge in [-0.25, -0.2) is 0 Å². The summed E-state index contributed by atoms with van der Waals surface area (Å²) in [6, 6.07) is 29.6. The summed E-state index contributed by atoms with van der Waals surface area (Å²) in [6.07, 6.45) is 6.34. The largest absolute Gasteiger partial charge is 0.508 e. The van der Waals surface area contributed by atoms with Crippen LogP contribution in [0.25, 0.3) is 5.57 Å². The number of aliphatic hydroxyl groups is 1. The van der Waals surface area contributed by atoms with E-state index in [1.165, 1.54) is 0 Å². The van der Waals surface area contributed by atoms with Crippen molar-refractivity contribution in [2.45, 2.75) is 12.0 Å². The molecule has 5 nitrogen and oxygen atoms in total. The molecule has 0 saturated heterocycles. The van der Waals surface area contributed by atoms with Gasteiger partial charge in [0.2, 0.25) is 0 Å². The highest BCUT2D eigenvalue weighted by Crippen LogP contribution is 2.34. The van der Waals surface area contributed by atoms with Gasteiger partial charge in [-0.1, -0.05) is 54.6 Å². The Balaban J connectivity index is 0.000000172. The van der Waals surface area contributed by atoms with E-state index in [0.29, 0.717) is 17.9 Å². The number of allylic oxidation sites excluding steroid dienone is 2. The summed E-state index contributed by atoms with van der Waals surface area (Å²) in [4.78, 5) is 0. The maximum atomic E-state index is 10.7. The van der Waals surface area contributed by atoms with Crippen LogP contribution < -0.4 is 4.74 Å². The summed E-state index contributed by atoms with van der Waals surface area (Å²) < 4.78 is 5.47. The lowest BCUT2D eigenvalue weighted by molar-refractivity contribution is 0.0920. The molecule has 0 amide bonds. The molecule has 0 spiro atoms. The highest BCUT2D eigenvalue weighted by molar-refractivity contribution is 5.75. The first-order chi connectivity index (χ1) is 16.9. The van der Waals surface area contributed by atoms with Crippen molar-refractivity contribution in [1.82, 2.24) is 0 Å². The van der Waals surface area contributed by atoms with E-state index in [4.69, 9.17) is 14.9 Å². The maximum Gasteiger partial charge on any atom is 0.127 e. The minimum Gasteiger partial charge on any atom is -0.508 e. The predicted octanol–water partition coefficient (Wildman–Crippen LogP) is 6.51. The van der Waals surface area contributed by atoms with Gasteiger partial charge in [-0.05, 0) is 83.4 Å². The van der Waals surface area contributed by atoms with Crippen LogP contribution in [0.4, 0.5) is 0 Å².